The van der Waals surface area contributed by atoms with Crippen LogP contribution in [0.4, 0.5) is 0 Å². The molecule has 94 valence electrons. The molecule has 0 saturated heterocycles. The quantitative estimate of drug-likeness (QED) is 0.719. The number of alkyl halides is 1. The van der Waals surface area contributed by atoms with E-state index < -0.39 is 0 Å². The number of hydrogen-bond donors (Lipinski definition) is 0. The number of benzene rings is 1. The van der Waals surface area contributed by atoms with Gasteiger partial charge >= 0.3 is 0 Å². The van der Waals surface area contributed by atoms with Crippen LogP contribution >= 0.6 is 39.1 Å². The fourth-order valence-corrected chi connectivity index (χ4v) is 2.83. The maximum absolute atomic E-state index is 6.07. The van der Waals surface area contributed by atoms with Crippen molar-refractivity contribution in [2.75, 3.05) is 0 Å². The van der Waals surface area contributed by atoms with Crippen LogP contribution in [-0.4, -0.2) is 9.78 Å². The van der Waals surface area contributed by atoms with Gasteiger partial charge in [0.1, 0.15) is 0 Å². The first-order valence-electron chi connectivity index (χ1n) is 5.79. The number of nitrogens with zero attached hydrogens (tertiary/aromatic N) is 2. The summed E-state index contributed by atoms with van der Waals surface area (Å²) in [7, 11) is 0. The summed E-state index contributed by atoms with van der Waals surface area (Å²) in [6.07, 6.45) is 4.41. The molecule has 0 N–H and O–H groups in total. The molecule has 1 saturated carbocycles. The first-order valence-corrected chi connectivity index (χ1v) is 7.66. The molecule has 18 heavy (non-hydrogen) atoms. The Kier molecular flexibility index (Phi) is 3.39. The molecule has 0 radical (unpaired) electrons. The zero-order valence-corrected chi connectivity index (χ0v) is 12.6. The second-order valence-corrected chi connectivity index (χ2v) is 5.85. The van der Waals surface area contributed by atoms with Gasteiger partial charge in [-0.1, -0.05) is 39.1 Å². The number of hydrogen-bond acceptors (Lipinski definition) is 1. The van der Waals surface area contributed by atoms with Crippen molar-refractivity contribution < 1.29 is 0 Å². The largest absolute Gasteiger partial charge is 0.237 e. The van der Waals surface area contributed by atoms with Crippen molar-refractivity contribution in [3.63, 3.8) is 0 Å². The van der Waals surface area contributed by atoms with E-state index >= 15 is 0 Å². The SMILES string of the molecule is Clc1ccc(-n2ncc(CBr)c2C2CC2)cc1Cl. The lowest BCUT2D eigenvalue weighted by atomic mass is 10.2. The Labute approximate surface area is 124 Å². The number of rotatable bonds is 3. The number of aromatic nitrogens is 2. The van der Waals surface area contributed by atoms with E-state index in [1.54, 1.807) is 0 Å². The summed E-state index contributed by atoms with van der Waals surface area (Å²) in [5, 5.41) is 6.44. The highest BCUT2D eigenvalue weighted by Crippen LogP contribution is 2.43. The van der Waals surface area contributed by atoms with E-state index in [2.05, 4.69) is 21.0 Å². The van der Waals surface area contributed by atoms with Gasteiger partial charge in [-0.15, -0.1) is 0 Å². The highest BCUT2D eigenvalue weighted by atomic mass is 79.9. The molecule has 5 heteroatoms. The van der Waals surface area contributed by atoms with Gasteiger partial charge in [-0.05, 0) is 31.0 Å². The van der Waals surface area contributed by atoms with E-state index in [9.17, 15) is 0 Å². The molecule has 1 aliphatic carbocycles. The molecule has 0 unspecified atom stereocenters. The Morgan fingerprint density at radius 2 is 2.06 bits per heavy atom. The summed E-state index contributed by atoms with van der Waals surface area (Å²) in [5.74, 6) is 0.634. The molecule has 0 spiro atoms. The van der Waals surface area contributed by atoms with Crippen LogP contribution in [0.5, 0.6) is 0 Å². The van der Waals surface area contributed by atoms with Crippen molar-refractivity contribution in [1.29, 1.82) is 0 Å². The van der Waals surface area contributed by atoms with Crippen LogP contribution in [0.2, 0.25) is 10.0 Å². The van der Waals surface area contributed by atoms with Gasteiger partial charge in [-0.3, -0.25) is 0 Å². The Hall–Kier alpha value is -0.510. The van der Waals surface area contributed by atoms with Crippen LogP contribution in [-0.2, 0) is 5.33 Å². The van der Waals surface area contributed by atoms with Crippen LogP contribution in [0.25, 0.3) is 5.69 Å². The molecule has 3 rings (SSSR count). The Morgan fingerprint density at radius 1 is 1.28 bits per heavy atom. The van der Waals surface area contributed by atoms with Crippen molar-refractivity contribution in [2.45, 2.75) is 24.1 Å². The molecular formula is C13H11BrCl2N2. The third-order valence-corrected chi connectivity index (χ3v) is 4.49. The van der Waals surface area contributed by atoms with Crippen molar-refractivity contribution in [3.05, 3.63) is 45.7 Å². The normalized spacial score (nSPS) is 15.1. The van der Waals surface area contributed by atoms with Gasteiger partial charge in [-0.2, -0.15) is 5.10 Å². The fraction of sp³-hybridized carbons (Fsp3) is 0.308. The van der Waals surface area contributed by atoms with E-state index in [-0.39, 0.29) is 0 Å². The second kappa shape index (κ2) is 4.87. The summed E-state index contributed by atoms with van der Waals surface area (Å²) in [4.78, 5) is 0. The van der Waals surface area contributed by atoms with Gasteiger partial charge < -0.3 is 0 Å². The average Bonchev–Trinajstić information content (AvgIpc) is 3.12. The molecule has 1 aliphatic rings. The van der Waals surface area contributed by atoms with Crippen molar-refractivity contribution in [3.8, 4) is 5.69 Å². The Bertz CT molecular complexity index is 591. The summed E-state index contributed by atoms with van der Waals surface area (Å²) in [6.45, 7) is 0. The second-order valence-electron chi connectivity index (χ2n) is 4.47. The topological polar surface area (TPSA) is 17.8 Å². The summed E-state index contributed by atoms with van der Waals surface area (Å²) >= 11 is 15.5. The number of halogens is 3. The van der Waals surface area contributed by atoms with Crippen molar-refractivity contribution >= 4 is 39.1 Å². The van der Waals surface area contributed by atoms with Gasteiger partial charge in [0.05, 0.1) is 27.6 Å². The third kappa shape index (κ3) is 2.20. The van der Waals surface area contributed by atoms with Crippen LogP contribution in [0, 0.1) is 0 Å². The minimum atomic E-state index is 0.562. The fourth-order valence-electron chi connectivity index (χ4n) is 2.11. The molecule has 1 heterocycles. The first kappa shape index (κ1) is 12.5. The van der Waals surface area contributed by atoms with Crippen LogP contribution in [0.1, 0.15) is 30.0 Å². The highest BCUT2D eigenvalue weighted by Gasteiger charge is 2.30. The zero-order chi connectivity index (χ0) is 12.7. The van der Waals surface area contributed by atoms with Gasteiger partial charge in [0.2, 0.25) is 0 Å². The minimum Gasteiger partial charge on any atom is -0.237 e. The molecule has 1 fully saturated rings. The summed E-state index contributed by atoms with van der Waals surface area (Å²) in [6, 6.07) is 5.62. The maximum Gasteiger partial charge on any atom is 0.0664 e. The van der Waals surface area contributed by atoms with Gasteiger partial charge in [0.15, 0.2) is 0 Å². The molecule has 2 nitrogen and oxygen atoms in total. The lowest BCUT2D eigenvalue weighted by Crippen LogP contribution is -2.02. The minimum absolute atomic E-state index is 0.562. The first-order chi connectivity index (χ1) is 8.70. The maximum atomic E-state index is 6.07. The molecule has 0 aliphatic heterocycles. The molecule has 0 amide bonds. The highest BCUT2D eigenvalue weighted by molar-refractivity contribution is 9.08. The average molecular weight is 346 g/mol. The standard InChI is InChI=1S/C13H11BrCl2N2/c14-6-9-7-17-18(13(9)8-1-2-8)10-3-4-11(15)12(16)5-10/h3-5,7-8H,1-2,6H2. The van der Waals surface area contributed by atoms with Gasteiger partial charge in [0, 0.05) is 16.8 Å². The molecular weight excluding hydrogens is 335 g/mol. The van der Waals surface area contributed by atoms with Gasteiger partial charge in [-0.25, -0.2) is 4.68 Å². The molecule has 1 aromatic heterocycles. The molecule has 2 aromatic rings. The van der Waals surface area contributed by atoms with E-state index in [4.69, 9.17) is 23.2 Å². The third-order valence-electron chi connectivity index (χ3n) is 3.14. The van der Waals surface area contributed by atoms with Crippen molar-refractivity contribution in [2.24, 2.45) is 0 Å². The molecule has 0 atom stereocenters. The lowest BCUT2D eigenvalue weighted by Gasteiger charge is -2.09. The van der Waals surface area contributed by atoms with E-state index in [0.29, 0.717) is 16.0 Å². The monoisotopic (exact) mass is 344 g/mol. The van der Waals surface area contributed by atoms with Crippen LogP contribution in [0.3, 0.4) is 0 Å². The van der Waals surface area contributed by atoms with Crippen LogP contribution < -0.4 is 0 Å². The van der Waals surface area contributed by atoms with Gasteiger partial charge in [0.25, 0.3) is 0 Å². The lowest BCUT2D eigenvalue weighted by molar-refractivity contribution is 0.805. The Morgan fingerprint density at radius 3 is 2.67 bits per heavy atom. The van der Waals surface area contributed by atoms with E-state index in [1.165, 1.54) is 24.1 Å². The summed E-state index contributed by atoms with van der Waals surface area (Å²) in [5.41, 5.74) is 3.52. The molecule has 0 bridgehead atoms. The zero-order valence-electron chi connectivity index (χ0n) is 9.54. The molecule has 1 aromatic carbocycles. The smallest absolute Gasteiger partial charge is 0.0664 e. The van der Waals surface area contributed by atoms with Crippen LogP contribution in [0.15, 0.2) is 24.4 Å². The van der Waals surface area contributed by atoms with E-state index in [0.717, 1.165) is 11.0 Å². The van der Waals surface area contributed by atoms with Crippen molar-refractivity contribution in [1.82, 2.24) is 9.78 Å². The Balaban J connectivity index is 2.10. The van der Waals surface area contributed by atoms with E-state index in [1.807, 2.05) is 29.1 Å². The summed E-state index contributed by atoms with van der Waals surface area (Å²) < 4.78 is 1.98. The predicted molar refractivity (Wildman–Crippen MR) is 78.2 cm³/mol. The predicted octanol–water partition coefficient (Wildman–Crippen LogP) is 4.95.